The van der Waals surface area contributed by atoms with Gasteiger partial charge in [-0.2, -0.15) is 5.10 Å². The molecule has 3 aromatic heterocycles. The van der Waals surface area contributed by atoms with Crippen LogP contribution in [0, 0.1) is 6.92 Å². The number of hydrogen-bond acceptors (Lipinski definition) is 5. The lowest BCUT2D eigenvalue weighted by Crippen LogP contribution is -2.06. The molecular formula is C15H15F2N5O. The van der Waals surface area contributed by atoms with E-state index in [0.717, 1.165) is 0 Å². The Morgan fingerprint density at radius 3 is 2.78 bits per heavy atom. The van der Waals surface area contributed by atoms with E-state index in [1.165, 1.54) is 12.3 Å². The Morgan fingerprint density at radius 2 is 2.17 bits per heavy atom. The molecule has 0 radical (unpaired) electrons. The number of nitrogens with one attached hydrogen (secondary N) is 1. The Morgan fingerprint density at radius 1 is 1.35 bits per heavy atom. The van der Waals surface area contributed by atoms with Crippen LogP contribution in [-0.2, 0) is 13.6 Å². The average molecular weight is 319 g/mol. The molecule has 0 aromatic carbocycles. The van der Waals surface area contributed by atoms with E-state index >= 15 is 0 Å². The minimum absolute atomic E-state index is 0.123. The van der Waals surface area contributed by atoms with Crippen LogP contribution in [0.1, 0.15) is 23.6 Å². The van der Waals surface area contributed by atoms with E-state index < -0.39 is 6.43 Å². The van der Waals surface area contributed by atoms with E-state index in [2.05, 4.69) is 20.4 Å². The number of furan rings is 1. The van der Waals surface area contributed by atoms with E-state index in [9.17, 15) is 8.78 Å². The molecule has 1 N–H and O–H groups in total. The Bertz CT molecular complexity index is 798. The maximum absolute atomic E-state index is 13.1. The minimum Gasteiger partial charge on any atom is -0.467 e. The van der Waals surface area contributed by atoms with Crippen LogP contribution in [0.15, 0.2) is 35.1 Å². The predicted molar refractivity (Wildman–Crippen MR) is 80.0 cm³/mol. The first-order chi connectivity index (χ1) is 11.0. The van der Waals surface area contributed by atoms with Gasteiger partial charge in [0.15, 0.2) is 0 Å². The van der Waals surface area contributed by atoms with E-state index in [1.54, 1.807) is 37.0 Å². The van der Waals surface area contributed by atoms with Gasteiger partial charge in [-0.05, 0) is 25.1 Å². The van der Waals surface area contributed by atoms with Crippen LogP contribution in [0.3, 0.4) is 0 Å². The van der Waals surface area contributed by atoms with Gasteiger partial charge < -0.3 is 9.73 Å². The third kappa shape index (κ3) is 3.36. The molecule has 3 heterocycles. The summed E-state index contributed by atoms with van der Waals surface area (Å²) in [5.74, 6) is 0.785. The van der Waals surface area contributed by atoms with Crippen molar-refractivity contribution in [2.45, 2.75) is 19.9 Å². The van der Waals surface area contributed by atoms with Crippen LogP contribution < -0.4 is 5.32 Å². The summed E-state index contributed by atoms with van der Waals surface area (Å²) in [6, 6.07) is 4.81. The number of halogens is 2. The normalized spacial score (nSPS) is 11.2. The predicted octanol–water partition coefficient (Wildman–Crippen LogP) is 3.33. The maximum atomic E-state index is 13.1. The summed E-state index contributed by atoms with van der Waals surface area (Å²) in [4.78, 5) is 8.16. The Balaban J connectivity index is 1.94. The molecule has 3 rings (SSSR count). The van der Waals surface area contributed by atoms with Gasteiger partial charge in [0.25, 0.3) is 6.43 Å². The first-order valence-corrected chi connectivity index (χ1v) is 6.97. The molecule has 0 aliphatic rings. The van der Waals surface area contributed by atoms with Gasteiger partial charge in [0.1, 0.15) is 11.5 Å². The molecule has 0 spiro atoms. The van der Waals surface area contributed by atoms with Crippen molar-refractivity contribution in [2.75, 3.05) is 5.32 Å². The van der Waals surface area contributed by atoms with E-state index in [1.807, 2.05) is 0 Å². The maximum Gasteiger partial charge on any atom is 0.280 e. The highest BCUT2D eigenvalue weighted by Crippen LogP contribution is 2.26. The Kier molecular flexibility index (Phi) is 4.05. The molecule has 23 heavy (non-hydrogen) atoms. The van der Waals surface area contributed by atoms with Gasteiger partial charge in [-0.25, -0.2) is 18.7 Å². The number of nitrogens with zero attached hydrogens (tertiary/aromatic N) is 4. The van der Waals surface area contributed by atoms with Gasteiger partial charge in [-0.3, -0.25) is 4.68 Å². The van der Waals surface area contributed by atoms with Crippen molar-refractivity contribution in [3.05, 3.63) is 47.8 Å². The Labute approximate surface area is 131 Å². The molecule has 0 fully saturated rings. The van der Waals surface area contributed by atoms with Gasteiger partial charge in [-0.1, -0.05) is 0 Å². The molecule has 0 saturated carbocycles. The van der Waals surface area contributed by atoms with Gasteiger partial charge >= 0.3 is 0 Å². The molecule has 0 amide bonds. The molecule has 0 atom stereocenters. The first-order valence-electron chi connectivity index (χ1n) is 6.97. The zero-order valence-corrected chi connectivity index (χ0v) is 12.6. The molecule has 8 heteroatoms. The average Bonchev–Trinajstić information content (AvgIpc) is 3.14. The molecular weight excluding hydrogens is 304 g/mol. The van der Waals surface area contributed by atoms with Crippen molar-refractivity contribution in [3.8, 4) is 11.3 Å². The lowest BCUT2D eigenvalue weighted by atomic mass is 10.1. The van der Waals surface area contributed by atoms with E-state index in [4.69, 9.17) is 4.42 Å². The fourth-order valence-electron chi connectivity index (χ4n) is 2.23. The lowest BCUT2D eigenvalue weighted by molar-refractivity contribution is 0.146. The van der Waals surface area contributed by atoms with Crippen molar-refractivity contribution in [1.82, 2.24) is 19.7 Å². The number of aryl methyl sites for hydroxylation is 2. The third-order valence-electron chi connectivity index (χ3n) is 3.26. The van der Waals surface area contributed by atoms with Crippen LogP contribution in [0.25, 0.3) is 11.3 Å². The molecule has 120 valence electrons. The summed E-state index contributed by atoms with van der Waals surface area (Å²) >= 11 is 0. The standard InChI is InChI=1S/C15H15F2N5O/c1-9-11(8-22(2)21-9)12-6-13(14(16)17)20-15(19-12)18-7-10-4-3-5-23-10/h3-6,8,14H,7H2,1-2H3,(H,18,19,20). The molecule has 6 nitrogen and oxygen atoms in total. The second-order valence-electron chi connectivity index (χ2n) is 5.04. The first kappa shape index (κ1) is 15.1. The molecule has 0 unspecified atom stereocenters. The van der Waals surface area contributed by atoms with Crippen LogP contribution >= 0.6 is 0 Å². The van der Waals surface area contributed by atoms with Crippen molar-refractivity contribution in [1.29, 1.82) is 0 Å². The smallest absolute Gasteiger partial charge is 0.280 e. The fourth-order valence-corrected chi connectivity index (χ4v) is 2.23. The molecule has 3 aromatic rings. The number of alkyl halides is 2. The topological polar surface area (TPSA) is 68.8 Å². The summed E-state index contributed by atoms with van der Waals surface area (Å²) in [5, 5.41) is 7.11. The second-order valence-corrected chi connectivity index (χ2v) is 5.04. The minimum atomic E-state index is -2.68. The van der Waals surface area contributed by atoms with Crippen molar-refractivity contribution >= 4 is 5.95 Å². The van der Waals surface area contributed by atoms with E-state index in [-0.39, 0.29) is 11.6 Å². The van der Waals surface area contributed by atoms with Gasteiger partial charge in [0.2, 0.25) is 5.95 Å². The summed E-state index contributed by atoms with van der Waals surface area (Å²) in [6.45, 7) is 2.11. The van der Waals surface area contributed by atoms with Crippen LogP contribution in [0.2, 0.25) is 0 Å². The Hall–Kier alpha value is -2.77. The van der Waals surface area contributed by atoms with E-state index in [0.29, 0.717) is 29.3 Å². The monoisotopic (exact) mass is 319 g/mol. The second kappa shape index (κ2) is 6.15. The third-order valence-corrected chi connectivity index (χ3v) is 3.26. The SMILES string of the molecule is Cc1nn(C)cc1-c1cc(C(F)F)nc(NCc2ccco2)n1. The van der Waals surface area contributed by atoms with Crippen LogP contribution in [0.5, 0.6) is 0 Å². The molecule has 0 aliphatic heterocycles. The van der Waals surface area contributed by atoms with Gasteiger partial charge in [-0.15, -0.1) is 0 Å². The van der Waals surface area contributed by atoms with Crippen LogP contribution in [-0.4, -0.2) is 19.7 Å². The van der Waals surface area contributed by atoms with Gasteiger partial charge in [0, 0.05) is 18.8 Å². The zero-order valence-electron chi connectivity index (χ0n) is 12.6. The fraction of sp³-hybridized carbons (Fsp3) is 0.267. The quantitative estimate of drug-likeness (QED) is 0.781. The molecule has 0 bridgehead atoms. The summed E-state index contributed by atoms with van der Waals surface area (Å²) in [5.41, 5.74) is 1.48. The summed E-state index contributed by atoms with van der Waals surface area (Å²) in [7, 11) is 1.77. The number of aromatic nitrogens is 4. The highest BCUT2D eigenvalue weighted by Gasteiger charge is 2.16. The summed E-state index contributed by atoms with van der Waals surface area (Å²) in [6.07, 6.45) is 0.596. The number of anilines is 1. The highest BCUT2D eigenvalue weighted by molar-refractivity contribution is 5.62. The van der Waals surface area contributed by atoms with Crippen molar-refractivity contribution in [3.63, 3.8) is 0 Å². The summed E-state index contributed by atoms with van der Waals surface area (Å²) < 4.78 is 33.0. The molecule has 0 saturated heterocycles. The lowest BCUT2D eigenvalue weighted by Gasteiger charge is -2.08. The number of rotatable bonds is 5. The highest BCUT2D eigenvalue weighted by atomic mass is 19.3. The zero-order chi connectivity index (χ0) is 16.4. The molecule has 0 aliphatic carbocycles. The van der Waals surface area contributed by atoms with Crippen LogP contribution in [0.4, 0.5) is 14.7 Å². The largest absolute Gasteiger partial charge is 0.467 e. The van der Waals surface area contributed by atoms with Crippen molar-refractivity contribution < 1.29 is 13.2 Å². The van der Waals surface area contributed by atoms with Crippen molar-refractivity contribution in [2.24, 2.45) is 7.05 Å². The number of hydrogen-bond donors (Lipinski definition) is 1. The van der Waals surface area contributed by atoms with Gasteiger partial charge in [0.05, 0.1) is 24.2 Å².